The molecule has 0 fully saturated rings. The largest absolute Gasteiger partial charge is 0.481 e. The van der Waals surface area contributed by atoms with E-state index in [1.54, 1.807) is 18.2 Å². The van der Waals surface area contributed by atoms with Gasteiger partial charge >= 0.3 is 5.97 Å². The van der Waals surface area contributed by atoms with Gasteiger partial charge in [0.25, 0.3) is 0 Å². The van der Waals surface area contributed by atoms with Gasteiger partial charge in [-0.25, -0.2) is 0 Å². The minimum Gasteiger partial charge on any atom is -0.481 e. The molecular weight excluding hydrogens is 234 g/mol. The third kappa shape index (κ3) is 4.01. The van der Waals surface area contributed by atoms with Crippen LogP contribution in [0.3, 0.4) is 0 Å². The van der Waals surface area contributed by atoms with E-state index in [-0.39, 0.29) is 11.7 Å². The Balaban J connectivity index is 2.71. The van der Waals surface area contributed by atoms with Crippen LogP contribution in [0, 0.1) is 0 Å². The average Bonchev–Trinajstić information content (AvgIpc) is 2.10. The SMILES string of the molecule is CC(CC(=O)O)Sc1cc(N)ccc1Cl. The predicted octanol–water partition coefficient (Wildman–Crippen LogP) is 2.88. The molecule has 0 aliphatic heterocycles. The van der Waals surface area contributed by atoms with E-state index < -0.39 is 5.97 Å². The minimum absolute atomic E-state index is 0.0261. The molecule has 0 saturated carbocycles. The first kappa shape index (κ1) is 12.2. The molecule has 1 unspecified atom stereocenters. The molecule has 1 atom stereocenters. The molecule has 0 aliphatic rings. The van der Waals surface area contributed by atoms with Gasteiger partial charge in [-0.1, -0.05) is 18.5 Å². The zero-order valence-corrected chi connectivity index (χ0v) is 9.81. The topological polar surface area (TPSA) is 63.3 Å². The van der Waals surface area contributed by atoms with Crippen LogP contribution in [-0.2, 0) is 4.79 Å². The van der Waals surface area contributed by atoms with Crippen LogP contribution >= 0.6 is 23.4 Å². The fourth-order valence-electron chi connectivity index (χ4n) is 1.11. The lowest BCUT2D eigenvalue weighted by molar-refractivity contribution is -0.136. The van der Waals surface area contributed by atoms with Crippen LogP contribution in [0.5, 0.6) is 0 Å². The number of hydrogen-bond donors (Lipinski definition) is 2. The molecule has 0 bridgehead atoms. The number of aliphatic carboxylic acids is 1. The van der Waals surface area contributed by atoms with Gasteiger partial charge in [0.05, 0.1) is 11.4 Å². The monoisotopic (exact) mass is 245 g/mol. The Morgan fingerprint density at radius 2 is 2.33 bits per heavy atom. The first-order valence-electron chi connectivity index (χ1n) is 4.42. The smallest absolute Gasteiger partial charge is 0.304 e. The summed E-state index contributed by atoms with van der Waals surface area (Å²) in [5.74, 6) is -0.810. The van der Waals surface area contributed by atoms with Crippen molar-refractivity contribution in [1.82, 2.24) is 0 Å². The maximum Gasteiger partial charge on any atom is 0.304 e. The van der Waals surface area contributed by atoms with Gasteiger partial charge in [-0.15, -0.1) is 11.8 Å². The molecule has 0 spiro atoms. The number of halogens is 1. The van der Waals surface area contributed by atoms with Crippen LogP contribution < -0.4 is 5.73 Å². The molecule has 0 saturated heterocycles. The second-order valence-corrected chi connectivity index (χ2v) is 5.10. The number of nitrogens with two attached hydrogens (primary N) is 1. The van der Waals surface area contributed by atoms with E-state index in [1.807, 2.05) is 6.92 Å². The number of carbonyl (C=O) groups is 1. The van der Waals surface area contributed by atoms with E-state index >= 15 is 0 Å². The number of benzene rings is 1. The van der Waals surface area contributed by atoms with Crippen molar-refractivity contribution >= 4 is 35.0 Å². The van der Waals surface area contributed by atoms with Gasteiger partial charge in [0.2, 0.25) is 0 Å². The van der Waals surface area contributed by atoms with Crippen molar-refractivity contribution in [3.8, 4) is 0 Å². The summed E-state index contributed by atoms with van der Waals surface area (Å²) in [5.41, 5.74) is 6.25. The van der Waals surface area contributed by atoms with E-state index in [2.05, 4.69) is 0 Å². The number of anilines is 1. The highest BCUT2D eigenvalue weighted by Crippen LogP contribution is 2.32. The van der Waals surface area contributed by atoms with Gasteiger partial charge in [-0.05, 0) is 18.2 Å². The second-order valence-electron chi connectivity index (χ2n) is 3.22. The molecular formula is C10H12ClNO2S. The lowest BCUT2D eigenvalue weighted by Crippen LogP contribution is -2.05. The third-order valence-corrected chi connectivity index (χ3v) is 3.35. The van der Waals surface area contributed by atoms with Crippen LogP contribution in [0.2, 0.25) is 5.02 Å². The molecule has 3 nitrogen and oxygen atoms in total. The Morgan fingerprint density at radius 1 is 1.67 bits per heavy atom. The fourth-order valence-corrected chi connectivity index (χ4v) is 2.41. The molecule has 1 aromatic rings. The molecule has 3 N–H and O–H groups in total. The lowest BCUT2D eigenvalue weighted by atomic mass is 10.3. The van der Waals surface area contributed by atoms with E-state index in [4.69, 9.17) is 22.4 Å². The quantitative estimate of drug-likeness (QED) is 0.633. The average molecular weight is 246 g/mol. The molecule has 1 aromatic carbocycles. The number of carboxylic acids is 1. The van der Waals surface area contributed by atoms with Crippen LogP contribution in [0.1, 0.15) is 13.3 Å². The maximum absolute atomic E-state index is 10.5. The number of carboxylic acid groups (broad SMARTS) is 1. The van der Waals surface area contributed by atoms with Crippen molar-refractivity contribution in [2.24, 2.45) is 0 Å². The van der Waals surface area contributed by atoms with Crippen molar-refractivity contribution in [2.45, 2.75) is 23.5 Å². The van der Waals surface area contributed by atoms with Crippen molar-refractivity contribution in [1.29, 1.82) is 0 Å². The number of rotatable bonds is 4. The Kier molecular flexibility index (Phi) is 4.29. The number of nitrogen functional groups attached to an aromatic ring is 1. The number of hydrogen-bond acceptors (Lipinski definition) is 3. The highest BCUT2D eigenvalue weighted by atomic mass is 35.5. The van der Waals surface area contributed by atoms with E-state index in [0.29, 0.717) is 10.7 Å². The molecule has 0 amide bonds. The first-order valence-corrected chi connectivity index (χ1v) is 5.68. The van der Waals surface area contributed by atoms with Crippen molar-refractivity contribution in [3.63, 3.8) is 0 Å². The second kappa shape index (κ2) is 5.28. The third-order valence-electron chi connectivity index (χ3n) is 1.75. The van der Waals surface area contributed by atoms with Gasteiger partial charge < -0.3 is 10.8 Å². The van der Waals surface area contributed by atoms with Gasteiger partial charge in [-0.3, -0.25) is 4.79 Å². The minimum atomic E-state index is -0.810. The van der Waals surface area contributed by atoms with Gasteiger partial charge in [0.15, 0.2) is 0 Å². The summed E-state index contributed by atoms with van der Waals surface area (Å²) in [6.07, 6.45) is 0.107. The van der Waals surface area contributed by atoms with Crippen LogP contribution in [-0.4, -0.2) is 16.3 Å². The summed E-state index contributed by atoms with van der Waals surface area (Å²) in [6, 6.07) is 5.19. The molecule has 0 heterocycles. The highest BCUT2D eigenvalue weighted by molar-refractivity contribution is 8.00. The molecule has 15 heavy (non-hydrogen) atoms. The normalized spacial score (nSPS) is 12.4. The Morgan fingerprint density at radius 3 is 2.93 bits per heavy atom. The maximum atomic E-state index is 10.5. The summed E-state index contributed by atoms with van der Waals surface area (Å²) < 4.78 is 0. The summed E-state index contributed by atoms with van der Waals surface area (Å²) in [4.78, 5) is 11.3. The summed E-state index contributed by atoms with van der Waals surface area (Å²) in [7, 11) is 0. The zero-order valence-electron chi connectivity index (χ0n) is 8.24. The van der Waals surface area contributed by atoms with Gasteiger partial charge in [-0.2, -0.15) is 0 Å². The first-order chi connectivity index (χ1) is 6.99. The summed E-state index contributed by atoms with van der Waals surface area (Å²) in [6.45, 7) is 1.85. The number of thioether (sulfide) groups is 1. The molecule has 5 heteroatoms. The molecule has 0 aromatic heterocycles. The van der Waals surface area contributed by atoms with Gasteiger partial charge in [0.1, 0.15) is 0 Å². The van der Waals surface area contributed by atoms with E-state index in [9.17, 15) is 4.79 Å². The Labute approximate surface area is 97.6 Å². The van der Waals surface area contributed by atoms with E-state index in [0.717, 1.165) is 4.90 Å². The predicted molar refractivity (Wildman–Crippen MR) is 63.4 cm³/mol. The standard InChI is InChI=1S/C10H12ClNO2S/c1-6(4-10(13)14)15-9-5-7(12)2-3-8(9)11/h2-3,5-6H,4,12H2,1H3,(H,13,14). The molecule has 0 aliphatic carbocycles. The van der Waals surface area contributed by atoms with E-state index in [1.165, 1.54) is 11.8 Å². The fraction of sp³-hybridized carbons (Fsp3) is 0.300. The summed E-state index contributed by atoms with van der Waals surface area (Å²) >= 11 is 7.37. The van der Waals surface area contributed by atoms with Crippen molar-refractivity contribution in [3.05, 3.63) is 23.2 Å². The van der Waals surface area contributed by atoms with Crippen molar-refractivity contribution < 1.29 is 9.90 Å². The summed E-state index contributed by atoms with van der Waals surface area (Å²) in [5, 5.41) is 9.19. The van der Waals surface area contributed by atoms with Crippen LogP contribution in [0.25, 0.3) is 0 Å². The van der Waals surface area contributed by atoms with Crippen molar-refractivity contribution in [2.75, 3.05) is 5.73 Å². The van der Waals surface area contributed by atoms with Crippen LogP contribution in [0.15, 0.2) is 23.1 Å². The lowest BCUT2D eigenvalue weighted by Gasteiger charge is -2.10. The molecule has 1 rings (SSSR count). The van der Waals surface area contributed by atoms with Crippen LogP contribution in [0.4, 0.5) is 5.69 Å². The molecule has 0 radical (unpaired) electrons. The Hall–Kier alpha value is -0.870. The molecule has 82 valence electrons. The van der Waals surface area contributed by atoms with Gasteiger partial charge in [0, 0.05) is 15.8 Å². The zero-order chi connectivity index (χ0) is 11.4. The highest BCUT2D eigenvalue weighted by Gasteiger charge is 2.11. The Bertz CT molecular complexity index is 370.